The summed E-state index contributed by atoms with van der Waals surface area (Å²) in [6.07, 6.45) is 0.743. The molecule has 0 aliphatic carbocycles. The van der Waals surface area contributed by atoms with E-state index in [1.165, 1.54) is 31.2 Å². The number of amides is 1. The molecule has 0 heterocycles. The van der Waals surface area contributed by atoms with E-state index in [0.717, 1.165) is 12.0 Å². The van der Waals surface area contributed by atoms with Gasteiger partial charge in [-0.1, -0.05) is 19.1 Å². The van der Waals surface area contributed by atoms with E-state index in [0.29, 0.717) is 5.56 Å². The summed E-state index contributed by atoms with van der Waals surface area (Å²) >= 11 is 0. The highest BCUT2D eigenvalue weighted by Gasteiger charge is 2.21. The molecule has 0 saturated carbocycles. The molecule has 2 rings (SSSR count). The summed E-state index contributed by atoms with van der Waals surface area (Å²) in [5.41, 5.74) is 1.15. The Morgan fingerprint density at radius 1 is 1.15 bits per heavy atom. The van der Waals surface area contributed by atoms with E-state index >= 15 is 0 Å². The van der Waals surface area contributed by atoms with Crippen LogP contribution in [0.3, 0.4) is 0 Å². The molecule has 5 nitrogen and oxygen atoms in total. The summed E-state index contributed by atoms with van der Waals surface area (Å²) in [4.78, 5) is 14.6. The summed E-state index contributed by atoms with van der Waals surface area (Å²) in [7, 11) is -3.62. The van der Waals surface area contributed by atoms with Crippen molar-refractivity contribution in [1.29, 1.82) is 0 Å². The predicted octanol–water partition coefficient (Wildman–Crippen LogP) is 4.00. The van der Waals surface area contributed by atoms with Crippen LogP contribution in [0.15, 0.2) is 48.5 Å². The Hall–Kier alpha value is -2.41. The monoisotopic (exact) mass is 393 g/mol. The number of rotatable bonds is 8. The molecule has 0 aliphatic rings. The van der Waals surface area contributed by atoms with E-state index in [9.17, 15) is 17.6 Å². The zero-order chi connectivity index (χ0) is 20.0. The summed E-state index contributed by atoms with van der Waals surface area (Å²) in [5.74, 6) is -0.521. The largest absolute Gasteiger partial charge is 0.382 e. The van der Waals surface area contributed by atoms with Gasteiger partial charge in [0, 0.05) is 18.2 Å². The van der Waals surface area contributed by atoms with Crippen molar-refractivity contribution in [1.82, 2.24) is 4.90 Å². The molecule has 2 aromatic rings. The lowest BCUT2D eigenvalue weighted by Gasteiger charge is -2.29. The molecule has 0 aliphatic heterocycles. The Morgan fingerprint density at radius 2 is 1.81 bits per heavy atom. The van der Waals surface area contributed by atoms with Gasteiger partial charge in [-0.2, -0.15) is 8.42 Å². The van der Waals surface area contributed by atoms with Crippen molar-refractivity contribution < 1.29 is 21.8 Å². The third kappa shape index (κ3) is 5.79. The molecule has 1 unspecified atom stereocenters. The molecule has 146 valence electrons. The standard InChI is InChI=1S/C20H24FNO4S/c1-4-15(3)22(20(23)17-9-11-18(21)12-10-17)14-16-7-6-8-19(13-16)26-27(24,25)5-2/h6-13,15H,4-5,14H2,1-3H3. The van der Waals surface area contributed by atoms with E-state index in [-0.39, 0.29) is 30.0 Å². The maximum atomic E-state index is 13.1. The highest BCUT2D eigenvalue weighted by atomic mass is 32.2. The molecule has 1 atom stereocenters. The minimum Gasteiger partial charge on any atom is -0.382 e. The van der Waals surface area contributed by atoms with Crippen LogP contribution in [0, 0.1) is 5.82 Å². The van der Waals surface area contributed by atoms with Crippen molar-refractivity contribution in [3.63, 3.8) is 0 Å². The maximum absolute atomic E-state index is 13.1. The Kier molecular flexibility index (Phi) is 6.96. The second-order valence-corrected chi connectivity index (χ2v) is 8.13. The van der Waals surface area contributed by atoms with Crippen molar-refractivity contribution in [2.75, 3.05) is 5.75 Å². The number of carbonyl (C=O) groups excluding carboxylic acids is 1. The van der Waals surface area contributed by atoms with Crippen LogP contribution in [0.1, 0.15) is 43.1 Å². The van der Waals surface area contributed by atoms with Crippen molar-refractivity contribution in [3.05, 3.63) is 65.5 Å². The minimum atomic E-state index is -3.62. The molecule has 0 spiro atoms. The summed E-state index contributed by atoms with van der Waals surface area (Å²) in [6.45, 7) is 5.70. The van der Waals surface area contributed by atoms with Gasteiger partial charge >= 0.3 is 10.1 Å². The Balaban J connectivity index is 2.26. The number of halogens is 1. The summed E-state index contributed by atoms with van der Waals surface area (Å²) < 4.78 is 41.5. The molecule has 0 bridgehead atoms. The predicted molar refractivity (Wildman–Crippen MR) is 103 cm³/mol. The Bertz CT molecular complexity index is 881. The second kappa shape index (κ2) is 8.99. The van der Waals surface area contributed by atoms with E-state index in [1.54, 1.807) is 29.2 Å². The van der Waals surface area contributed by atoms with Crippen LogP contribution < -0.4 is 4.18 Å². The van der Waals surface area contributed by atoms with Crippen LogP contribution in [-0.2, 0) is 16.7 Å². The smallest absolute Gasteiger partial charge is 0.308 e. The normalized spacial score (nSPS) is 12.4. The third-order valence-electron chi connectivity index (χ3n) is 4.30. The Labute approximate surface area is 159 Å². The maximum Gasteiger partial charge on any atom is 0.308 e. The van der Waals surface area contributed by atoms with Gasteiger partial charge in [-0.3, -0.25) is 4.79 Å². The van der Waals surface area contributed by atoms with Gasteiger partial charge < -0.3 is 9.08 Å². The molecular weight excluding hydrogens is 369 g/mol. The van der Waals surface area contributed by atoms with Crippen molar-refractivity contribution in [2.24, 2.45) is 0 Å². The fourth-order valence-electron chi connectivity index (χ4n) is 2.50. The van der Waals surface area contributed by atoms with Gasteiger partial charge in [0.15, 0.2) is 0 Å². The topological polar surface area (TPSA) is 63.7 Å². The van der Waals surface area contributed by atoms with Gasteiger partial charge in [0.2, 0.25) is 0 Å². The van der Waals surface area contributed by atoms with Gasteiger partial charge in [-0.05, 0) is 62.2 Å². The first-order valence-corrected chi connectivity index (χ1v) is 10.4. The lowest BCUT2D eigenvalue weighted by Crippen LogP contribution is -2.37. The van der Waals surface area contributed by atoms with Gasteiger partial charge in [0.25, 0.3) is 5.91 Å². The number of carbonyl (C=O) groups is 1. The molecule has 27 heavy (non-hydrogen) atoms. The first-order valence-electron chi connectivity index (χ1n) is 8.83. The van der Waals surface area contributed by atoms with Crippen molar-refractivity contribution in [2.45, 2.75) is 39.8 Å². The molecule has 7 heteroatoms. The van der Waals surface area contributed by atoms with Gasteiger partial charge in [-0.25, -0.2) is 4.39 Å². The fourth-order valence-corrected chi connectivity index (χ4v) is 3.02. The van der Waals surface area contributed by atoms with Gasteiger partial charge in [0.05, 0.1) is 5.75 Å². The van der Waals surface area contributed by atoms with Gasteiger partial charge in [0.1, 0.15) is 11.6 Å². The van der Waals surface area contributed by atoms with E-state index in [1.807, 2.05) is 13.8 Å². The van der Waals surface area contributed by atoms with Crippen molar-refractivity contribution in [3.8, 4) is 5.75 Å². The number of benzene rings is 2. The number of hydrogen-bond acceptors (Lipinski definition) is 4. The lowest BCUT2D eigenvalue weighted by molar-refractivity contribution is 0.0671. The number of hydrogen-bond donors (Lipinski definition) is 0. The highest BCUT2D eigenvalue weighted by Crippen LogP contribution is 2.20. The van der Waals surface area contributed by atoms with Crippen LogP contribution >= 0.6 is 0 Å². The summed E-state index contributed by atoms with van der Waals surface area (Å²) in [6, 6.07) is 12.0. The van der Waals surface area contributed by atoms with Crippen LogP contribution in [0.5, 0.6) is 5.75 Å². The molecule has 2 aromatic carbocycles. The highest BCUT2D eigenvalue weighted by molar-refractivity contribution is 7.87. The zero-order valence-electron chi connectivity index (χ0n) is 15.7. The van der Waals surface area contributed by atoms with E-state index < -0.39 is 15.9 Å². The first-order chi connectivity index (χ1) is 12.8. The van der Waals surface area contributed by atoms with Crippen LogP contribution in [0.25, 0.3) is 0 Å². The molecule has 0 radical (unpaired) electrons. The van der Waals surface area contributed by atoms with E-state index in [2.05, 4.69) is 0 Å². The molecule has 0 fully saturated rings. The lowest BCUT2D eigenvalue weighted by atomic mass is 10.1. The SMILES string of the molecule is CCC(C)N(Cc1cccc(OS(=O)(=O)CC)c1)C(=O)c1ccc(F)cc1. The average Bonchev–Trinajstić information content (AvgIpc) is 2.65. The minimum absolute atomic E-state index is 0.0495. The molecule has 0 N–H and O–H groups in total. The summed E-state index contributed by atoms with van der Waals surface area (Å²) in [5, 5.41) is 0. The fraction of sp³-hybridized carbons (Fsp3) is 0.350. The molecular formula is C20H24FNO4S. The van der Waals surface area contributed by atoms with E-state index in [4.69, 9.17) is 4.18 Å². The average molecular weight is 393 g/mol. The Morgan fingerprint density at radius 3 is 2.41 bits per heavy atom. The second-order valence-electron chi connectivity index (χ2n) is 6.27. The van der Waals surface area contributed by atoms with Crippen LogP contribution in [0.2, 0.25) is 0 Å². The molecule has 0 saturated heterocycles. The first kappa shape index (κ1) is 20.9. The quantitative estimate of drug-likeness (QED) is 0.636. The molecule has 0 aromatic heterocycles. The number of nitrogens with zero attached hydrogens (tertiary/aromatic N) is 1. The van der Waals surface area contributed by atoms with Crippen LogP contribution in [0.4, 0.5) is 4.39 Å². The zero-order valence-corrected chi connectivity index (χ0v) is 16.5. The van der Waals surface area contributed by atoms with Crippen molar-refractivity contribution >= 4 is 16.0 Å². The third-order valence-corrected chi connectivity index (χ3v) is 5.46. The molecule has 1 amide bonds. The van der Waals surface area contributed by atoms with Gasteiger partial charge in [-0.15, -0.1) is 0 Å². The van der Waals surface area contributed by atoms with Crippen LogP contribution in [-0.4, -0.2) is 31.0 Å².